The fraction of sp³-hybridized carbons (Fsp3) is 0.533. The fourth-order valence-electron chi connectivity index (χ4n) is 2.78. The van der Waals surface area contributed by atoms with Gasteiger partial charge >= 0.3 is 6.18 Å². The smallest absolute Gasteiger partial charge is 0.336 e. The minimum absolute atomic E-state index is 0.0902. The normalized spacial score (nSPS) is 19.6. The molecular weight excluding hydrogens is 425 g/mol. The highest BCUT2D eigenvalue weighted by Gasteiger charge is 2.37. The third kappa shape index (κ3) is 5.18. The molecule has 10 heteroatoms. The monoisotopic (exact) mass is 442 g/mol. The molecular formula is C15H18BrF3N2O3S. The van der Waals surface area contributed by atoms with Crippen molar-refractivity contribution < 1.29 is 26.4 Å². The van der Waals surface area contributed by atoms with Crippen molar-refractivity contribution in [3.8, 4) is 0 Å². The Hall–Kier alpha value is -1.13. The maximum Gasteiger partial charge on any atom is 0.406 e. The Morgan fingerprint density at radius 2 is 1.92 bits per heavy atom. The second-order valence-electron chi connectivity index (χ2n) is 5.97. The largest absolute Gasteiger partial charge is 0.406 e. The van der Waals surface area contributed by atoms with Crippen LogP contribution in [0.3, 0.4) is 0 Å². The van der Waals surface area contributed by atoms with E-state index in [0.717, 1.165) is 11.5 Å². The molecule has 140 valence electrons. The van der Waals surface area contributed by atoms with Crippen molar-refractivity contribution in [2.24, 2.45) is 5.92 Å². The maximum absolute atomic E-state index is 12.7. The van der Waals surface area contributed by atoms with E-state index < -0.39 is 34.6 Å². The SMILES string of the molecule is CN(CC(F)(F)F)C(=O)C1CCCN(S(=O)(=O)c2ccc(Br)cc2)C1. The first-order chi connectivity index (χ1) is 11.5. The van der Waals surface area contributed by atoms with Gasteiger partial charge in [-0.2, -0.15) is 17.5 Å². The molecule has 0 spiro atoms. The average Bonchev–Trinajstić information content (AvgIpc) is 2.53. The summed E-state index contributed by atoms with van der Waals surface area (Å²) >= 11 is 3.23. The van der Waals surface area contributed by atoms with Crippen molar-refractivity contribution in [2.75, 3.05) is 26.7 Å². The van der Waals surface area contributed by atoms with Gasteiger partial charge in [0.2, 0.25) is 15.9 Å². The Morgan fingerprint density at radius 1 is 1.32 bits per heavy atom. The molecule has 1 fully saturated rings. The van der Waals surface area contributed by atoms with Crippen molar-refractivity contribution >= 4 is 31.9 Å². The summed E-state index contributed by atoms with van der Waals surface area (Å²) in [5.74, 6) is -1.46. The predicted molar refractivity (Wildman–Crippen MR) is 89.3 cm³/mol. The molecule has 0 radical (unpaired) electrons. The van der Waals surface area contributed by atoms with Crippen LogP contribution in [0.2, 0.25) is 0 Å². The van der Waals surface area contributed by atoms with Gasteiger partial charge in [-0.15, -0.1) is 0 Å². The predicted octanol–water partition coefficient (Wildman–Crippen LogP) is 2.87. The molecule has 1 aromatic carbocycles. The number of halogens is 4. The molecule has 1 aliphatic heterocycles. The van der Waals surface area contributed by atoms with Gasteiger partial charge in [0, 0.05) is 24.6 Å². The van der Waals surface area contributed by atoms with Crippen LogP contribution < -0.4 is 0 Å². The van der Waals surface area contributed by atoms with Gasteiger partial charge in [0.1, 0.15) is 6.54 Å². The Labute approximate surface area is 153 Å². The minimum Gasteiger partial charge on any atom is -0.336 e. The van der Waals surface area contributed by atoms with E-state index in [1.54, 1.807) is 12.1 Å². The zero-order chi connectivity index (χ0) is 18.8. The Morgan fingerprint density at radius 3 is 2.48 bits per heavy atom. The van der Waals surface area contributed by atoms with Crippen molar-refractivity contribution in [1.82, 2.24) is 9.21 Å². The standard InChI is InChI=1S/C15H18BrF3N2O3S/c1-20(10-15(17,18)19)14(22)11-3-2-8-21(9-11)25(23,24)13-6-4-12(16)5-7-13/h4-7,11H,2-3,8-10H2,1H3. The molecule has 0 bridgehead atoms. The lowest BCUT2D eigenvalue weighted by molar-refractivity contribution is -0.161. The molecule has 1 atom stereocenters. The topological polar surface area (TPSA) is 57.7 Å². The van der Waals surface area contributed by atoms with Crippen LogP contribution in [-0.4, -0.2) is 56.4 Å². The first-order valence-corrected chi connectivity index (χ1v) is 9.81. The quantitative estimate of drug-likeness (QED) is 0.720. The minimum atomic E-state index is -4.48. The van der Waals surface area contributed by atoms with Crippen LogP contribution in [0.25, 0.3) is 0 Å². The molecule has 1 aromatic rings. The summed E-state index contributed by atoms with van der Waals surface area (Å²) in [7, 11) is -2.71. The summed E-state index contributed by atoms with van der Waals surface area (Å²) in [6, 6.07) is 6.08. The first-order valence-electron chi connectivity index (χ1n) is 7.58. The van der Waals surface area contributed by atoms with Gasteiger partial charge in [-0.1, -0.05) is 15.9 Å². The highest BCUT2D eigenvalue weighted by atomic mass is 79.9. The van der Waals surface area contributed by atoms with Crippen LogP contribution in [-0.2, 0) is 14.8 Å². The number of sulfonamides is 1. The Balaban J connectivity index is 2.12. The number of carbonyl (C=O) groups excluding carboxylic acids is 1. The maximum atomic E-state index is 12.7. The van der Waals surface area contributed by atoms with Gasteiger partial charge in [-0.25, -0.2) is 8.42 Å². The van der Waals surface area contributed by atoms with E-state index in [1.807, 2.05) is 0 Å². The first kappa shape index (κ1) is 20.2. The summed E-state index contributed by atoms with van der Waals surface area (Å²) in [6.07, 6.45) is -3.69. The second kappa shape index (κ2) is 7.63. The lowest BCUT2D eigenvalue weighted by atomic mass is 9.98. The van der Waals surface area contributed by atoms with E-state index in [1.165, 1.54) is 16.4 Å². The molecule has 0 aromatic heterocycles. The number of carbonyl (C=O) groups is 1. The number of benzene rings is 1. The summed E-state index contributed by atoms with van der Waals surface area (Å²) in [5.41, 5.74) is 0. The fourth-order valence-corrected chi connectivity index (χ4v) is 4.56. The van der Waals surface area contributed by atoms with Crippen LogP contribution in [0.5, 0.6) is 0 Å². The van der Waals surface area contributed by atoms with Crippen LogP contribution in [0.1, 0.15) is 12.8 Å². The zero-order valence-corrected chi connectivity index (χ0v) is 15.9. The average molecular weight is 443 g/mol. The lowest BCUT2D eigenvalue weighted by Gasteiger charge is -2.33. The Bertz CT molecular complexity index is 723. The molecule has 1 saturated heterocycles. The van der Waals surface area contributed by atoms with Crippen LogP contribution in [0.4, 0.5) is 13.2 Å². The molecule has 0 saturated carbocycles. The van der Waals surface area contributed by atoms with E-state index in [0.29, 0.717) is 17.7 Å². The second-order valence-corrected chi connectivity index (χ2v) is 8.82. The number of amides is 1. The molecule has 2 rings (SSSR count). The molecule has 5 nitrogen and oxygen atoms in total. The summed E-state index contributed by atoms with van der Waals surface area (Å²) < 4.78 is 64.6. The zero-order valence-electron chi connectivity index (χ0n) is 13.5. The van der Waals surface area contributed by atoms with Gasteiger partial charge in [0.25, 0.3) is 0 Å². The van der Waals surface area contributed by atoms with Gasteiger partial charge in [-0.3, -0.25) is 4.79 Å². The van der Waals surface area contributed by atoms with Gasteiger partial charge in [0.05, 0.1) is 10.8 Å². The molecule has 1 heterocycles. The summed E-state index contributed by atoms with van der Waals surface area (Å²) in [4.78, 5) is 12.9. The van der Waals surface area contributed by atoms with Crippen molar-refractivity contribution in [1.29, 1.82) is 0 Å². The van der Waals surface area contributed by atoms with Gasteiger partial charge in [-0.05, 0) is 37.1 Å². The molecule has 25 heavy (non-hydrogen) atoms. The van der Waals surface area contributed by atoms with E-state index in [-0.39, 0.29) is 18.0 Å². The molecule has 0 aliphatic carbocycles. The third-order valence-corrected chi connectivity index (χ3v) is 6.39. The molecule has 1 amide bonds. The van der Waals surface area contributed by atoms with Gasteiger partial charge in [0.15, 0.2) is 0 Å². The van der Waals surface area contributed by atoms with Crippen molar-refractivity contribution in [3.63, 3.8) is 0 Å². The molecule has 1 unspecified atom stereocenters. The van der Waals surface area contributed by atoms with E-state index in [9.17, 15) is 26.4 Å². The number of piperidine rings is 1. The van der Waals surface area contributed by atoms with Gasteiger partial charge < -0.3 is 4.90 Å². The number of rotatable bonds is 4. The molecule has 0 N–H and O–H groups in total. The Kier molecular flexibility index (Phi) is 6.16. The van der Waals surface area contributed by atoms with Crippen molar-refractivity contribution in [2.45, 2.75) is 23.9 Å². The number of nitrogens with zero attached hydrogens (tertiary/aromatic N) is 2. The van der Waals surface area contributed by atoms with Crippen LogP contribution in [0, 0.1) is 5.92 Å². The third-order valence-electron chi connectivity index (χ3n) is 3.98. The van der Waals surface area contributed by atoms with Crippen LogP contribution >= 0.6 is 15.9 Å². The summed E-state index contributed by atoms with van der Waals surface area (Å²) in [5, 5.41) is 0. The highest BCUT2D eigenvalue weighted by Crippen LogP contribution is 2.26. The highest BCUT2D eigenvalue weighted by molar-refractivity contribution is 9.10. The van der Waals surface area contributed by atoms with Crippen molar-refractivity contribution in [3.05, 3.63) is 28.7 Å². The number of alkyl halides is 3. The number of hydrogen-bond acceptors (Lipinski definition) is 3. The van der Waals surface area contributed by atoms with E-state index in [2.05, 4.69) is 15.9 Å². The van der Waals surface area contributed by atoms with E-state index in [4.69, 9.17) is 0 Å². The summed E-state index contributed by atoms with van der Waals surface area (Å²) in [6.45, 7) is -1.22. The van der Waals surface area contributed by atoms with Crippen LogP contribution in [0.15, 0.2) is 33.6 Å². The number of hydrogen-bond donors (Lipinski definition) is 0. The lowest BCUT2D eigenvalue weighted by Crippen LogP contribution is -2.47. The van der Waals surface area contributed by atoms with E-state index >= 15 is 0 Å². The molecule has 1 aliphatic rings.